The molecule has 8 heteroatoms. The van der Waals surface area contributed by atoms with Gasteiger partial charge in [0, 0.05) is 31.7 Å². The van der Waals surface area contributed by atoms with E-state index in [9.17, 15) is 9.59 Å². The zero-order valence-corrected chi connectivity index (χ0v) is 18.8. The molecule has 0 saturated carbocycles. The highest BCUT2D eigenvalue weighted by molar-refractivity contribution is 5.94. The quantitative estimate of drug-likeness (QED) is 0.650. The second-order valence-corrected chi connectivity index (χ2v) is 8.18. The van der Waals surface area contributed by atoms with Crippen LogP contribution in [0.5, 0.6) is 0 Å². The first kappa shape index (κ1) is 23.0. The van der Waals surface area contributed by atoms with E-state index in [1.54, 1.807) is 23.7 Å². The summed E-state index contributed by atoms with van der Waals surface area (Å²) in [4.78, 5) is 26.9. The Morgan fingerprint density at radius 1 is 1.29 bits per heavy atom. The molecular formula is C23H32N4O4. The lowest BCUT2D eigenvalue weighted by molar-refractivity contribution is -0.0295. The molecule has 31 heavy (non-hydrogen) atoms. The average molecular weight is 429 g/mol. The molecule has 0 bridgehead atoms. The van der Waals surface area contributed by atoms with Crippen molar-refractivity contribution in [2.24, 2.45) is 5.92 Å². The minimum atomic E-state index is -0.390. The van der Waals surface area contributed by atoms with E-state index in [1.807, 2.05) is 19.1 Å². The first-order valence-corrected chi connectivity index (χ1v) is 10.8. The average Bonchev–Trinajstić information content (AvgIpc) is 3.13. The molecule has 1 atom stereocenters. The van der Waals surface area contributed by atoms with E-state index in [0.29, 0.717) is 42.5 Å². The summed E-state index contributed by atoms with van der Waals surface area (Å²) in [5, 5.41) is 7.25. The van der Waals surface area contributed by atoms with Gasteiger partial charge in [0.15, 0.2) is 0 Å². The second kappa shape index (κ2) is 10.5. The summed E-state index contributed by atoms with van der Waals surface area (Å²) in [6, 6.07) is 7.13. The number of nitrogens with one attached hydrogen (secondary N) is 1. The third-order valence-corrected chi connectivity index (χ3v) is 5.22. The topological polar surface area (TPSA) is 85.7 Å². The van der Waals surface area contributed by atoms with Crippen LogP contribution in [0.4, 0.5) is 0 Å². The van der Waals surface area contributed by atoms with E-state index in [2.05, 4.69) is 29.2 Å². The monoisotopic (exact) mass is 428 g/mol. The second-order valence-electron chi connectivity index (χ2n) is 8.18. The Hall–Kier alpha value is -2.71. The van der Waals surface area contributed by atoms with Crippen LogP contribution in [0.2, 0.25) is 0 Å². The van der Waals surface area contributed by atoms with E-state index < -0.39 is 0 Å². The molecule has 0 aliphatic carbocycles. The van der Waals surface area contributed by atoms with Crippen LogP contribution in [0.25, 0.3) is 5.69 Å². The number of aromatic nitrogens is 2. The SMILES string of the molecule is CCOC(=O)c1cnn(-c2ccc(C(=O)NCC3CN(CC(C)C)CCO3)cc2)c1C. The van der Waals surface area contributed by atoms with Crippen LogP contribution in [0, 0.1) is 12.8 Å². The van der Waals surface area contributed by atoms with Gasteiger partial charge in [-0.05, 0) is 44.0 Å². The van der Waals surface area contributed by atoms with Crippen molar-refractivity contribution >= 4 is 11.9 Å². The van der Waals surface area contributed by atoms with Gasteiger partial charge in [-0.15, -0.1) is 0 Å². The van der Waals surface area contributed by atoms with Gasteiger partial charge in [0.05, 0.1) is 36.9 Å². The fourth-order valence-corrected chi connectivity index (χ4v) is 3.73. The third-order valence-electron chi connectivity index (χ3n) is 5.22. The summed E-state index contributed by atoms with van der Waals surface area (Å²) >= 11 is 0. The molecular weight excluding hydrogens is 396 g/mol. The Bertz CT molecular complexity index is 891. The van der Waals surface area contributed by atoms with Crippen LogP contribution in [-0.4, -0.2) is 72.1 Å². The zero-order chi connectivity index (χ0) is 22.4. The van der Waals surface area contributed by atoms with Crippen molar-refractivity contribution in [3.05, 3.63) is 47.3 Å². The van der Waals surface area contributed by atoms with Crippen LogP contribution in [0.3, 0.4) is 0 Å². The first-order valence-electron chi connectivity index (χ1n) is 10.8. The number of carbonyl (C=O) groups excluding carboxylic acids is 2. The van der Waals surface area contributed by atoms with E-state index >= 15 is 0 Å². The van der Waals surface area contributed by atoms with Crippen LogP contribution in [-0.2, 0) is 9.47 Å². The molecule has 1 saturated heterocycles. The van der Waals surface area contributed by atoms with Gasteiger partial charge >= 0.3 is 5.97 Å². The maximum absolute atomic E-state index is 12.6. The summed E-state index contributed by atoms with van der Waals surface area (Å²) in [6.07, 6.45) is 1.50. The first-order chi connectivity index (χ1) is 14.9. The number of carbonyl (C=O) groups is 2. The molecule has 0 radical (unpaired) electrons. The van der Waals surface area contributed by atoms with E-state index in [1.165, 1.54) is 6.20 Å². The fourth-order valence-electron chi connectivity index (χ4n) is 3.73. The summed E-state index contributed by atoms with van der Waals surface area (Å²) in [5.74, 6) is 0.0818. The molecule has 1 N–H and O–H groups in total. The summed E-state index contributed by atoms with van der Waals surface area (Å²) in [7, 11) is 0. The lowest BCUT2D eigenvalue weighted by Gasteiger charge is -2.33. The number of esters is 1. The van der Waals surface area contributed by atoms with Gasteiger partial charge in [-0.2, -0.15) is 5.10 Å². The number of morpholine rings is 1. The van der Waals surface area contributed by atoms with E-state index in [-0.39, 0.29) is 18.0 Å². The van der Waals surface area contributed by atoms with Gasteiger partial charge in [-0.1, -0.05) is 13.8 Å². The maximum atomic E-state index is 12.6. The van der Waals surface area contributed by atoms with Crippen LogP contribution in [0.15, 0.2) is 30.5 Å². The van der Waals surface area contributed by atoms with Crippen molar-refractivity contribution in [2.75, 3.05) is 39.4 Å². The van der Waals surface area contributed by atoms with Crippen LogP contribution < -0.4 is 5.32 Å². The molecule has 1 aromatic heterocycles. The van der Waals surface area contributed by atoms with Crippen molar-refractivity contribution in [2.45, 2.75) is 33.8 Å². The van der Waals surface area contributed by atoms with Gasteiger partial charge < -0.3 is 14.8 Å². The number of hydrogen-bond donors (Lipinski definition) is 1. The molecule has 1 amide bonds. The number of nitrogens with zero attached hydrogens (tertiary/aromatic N) is 3. The molecule has 2 heterocycles. The fraction of sp³-hybridized carbons (Fsp3) is 0.522. The normalized spacial score (nSPS) is 17.0. The number of ether oxygens (including phenoxy) is 2. The Labute approximate surface area is 183 Å². The minimum absolute atomic E-state index is 0.00347. The molecule has 1 aliphatic heterocycles. The smallest absolute Gasteiger partial charge is 0.341 e. The lowest BCUT2D eigenvalue weighted by Crippen LogP contribution is -2.48. The molecule has 2 aromatic rings. The summed E-state index contributed by atoms with van der Waals surface area (Å²) < 4.78 is 12.5. The highest BCUT2D eigenvalue weighted by Gasteiger charge is 2.22. The van der Waals surface area contributed by atoms with Gasteiger partial charge in [-0.25, -0.2) is 9.48 Å². The van der Waals surface area contributed by atoms with Gasteiger partial charge in [0.25, 0.3) is 5.91 Å². The number of benzene rings is 1. The molecule has 168 valence electrons. The van der Waals surface area contributed by atoms with Crippen molar-refractivity contribution in [3.8, 4) is 5.69 Å². The zero-order valence-electron chi connectivity index (χ0n) is 18.8. The molecule has 1 fully saturated rings. The molecule has 3 rings (SSSR count). The molecule has 8 nitrogen and oxygen atoms in total. The Balaban J connectivity index is 1.58. The number of rotatable bonds is 8. The lowest BCUT2D eigenvalue weighted by atomic mass is 10.1. The number of hydrogen-bond acceptors (Lipinski definition) is 6. The van der Waals surface area contributed by atoms with E-state index in [0.717, 1.165) is 25.3 Å². The molecule has 1 aromatic carbocycles. The maximum Gasteiger partial charge on any atom is 0.341 e. The summed E-state index contributed by atoms with van der Waals surface area (Å²) in [5.41, 5.74) is 2.46. The van der Waals surface area contributed by atoms with Gasteiger partial charge in [0.2, 0.25) is 0 Å². The van der Waals surface area contributed by atoms with Gasteiger partial charge in [0.1, 0.15) is 5.56 Å². The van der Waals surface area contributed by atoms with Crippen molar-refractivity contribution < 1.29 is 19.1 Å². The summed E-state index contributed by atoms with van der Waals surface area (Å²) in [6.45, 7) is 12.3. The Kier molecular flexibility index (Phi) is 7.81. The highest BCUT2D eigenvalue weighted by Crippen LogP contribution is 2.16. The highest BCUT2D eigenvalue weighted by atomic mass is 16.5. The minimum Gasteiger partial charge on any atom is -0.462 e. The van der Waals surface area contributed by atoms with Crippen LogP contribution in [0.1, 0.15) is 47.2 Å². The van der Waals surface area contributed by atoms with Crippen molar-refractivity contribution in [1.82, 2.24) is 20.0 Å². The standard InChI is InChI=1S/C23H32N4O4/c1-5-30-23(29)21-13-25-27(17(21)4)19-8-6-18(7-9-19)22(28)24-12-20-15-26(10-11-31-20)14-16(2)3/h6-9,13,16,20H,5,10-12,14-15H2,1-4H3,(H,24,28). The van der Waals surface area contributed by atoms with Crippen molar-refractivity contribution in [1.29, 1.82) is 0 Å². The van der Waals surface area contributed by atoms with Gasteiger partial charge in [-0.3, -0.25) is 9.69 Å². The molecule has 1 unspecified atom stereocenters. The van der Waals surface area contributed by atoms with Crippen molar-refractivity contribution in [3.63, 3.8) is 0 Å². The Morgan fingerprint density at radius 3 is 2.71 bits per heavy atom. The third kappa shape index (κ3) is 5.92. The molecule has 1 aliphatic rings. The van der Waals surface area contributed by atoms with Crippen LogP contribution >= 0.6 is 0 Å². The predicted molar refractivity (Wildman–Crippen MR) is 118 cm³/mol. The largest absolute Gasteiger partial charge is 0.462 e. The van der Waals surface area contributed by atoms with E-state index in [4.69, 9.17) is 9.47 Å². The predicted octanol–water partition coefficient (Wildman–Crippen LogP) is 2.44. The Morgan fingerprint density at radius 2 is 2.03 bits per heavy atom. The molecule has 0 spiro atoms. The number of amides is 1.